The van der Waals surface area contributed by atoms with Gasteiger partial charge in [-0.15, -0.1) is 0 Å². The second-order valence-electron chi connectivity index (χ2n) is 24.8. The topological polar surface area (TPSA) is 155 Å². The Labute approximate surface area is 518 Å². The van der Waals surface area contributed by atoms with Crippen molar-refractivity contribution in [1.29, 1.82) is 0 Å². The number of aliphatic hydroxyl groups is 1. The van der Waals surface area contributed by atoms with Gasteiger partial charge >= 0.3 is 25.7 Å². The first kappa shape index (κ1) is 82.0. The SMILES string of the molecule is CCCCC/C=C\C/C=C\CCCCCCCCCCCC(=O)OC(COC(=O)CCCCCCCCCCCCCCCCCCCCC)COP(=O)(O)OCC(CO)OC(=O)CCCCCCCCCCCCCCCCCCCCC. The van der Waals surface area contributed by atoms with Crippen LogP contribution in [-0.2, 0) is 42.2 Å². The third-order valence-electron chi connectivity index (χ3n) is 16.4. The number of unbranched alkanes of at least 4 members (excludes halogenated alkanes) is 48. The summed E-state index contributed by atoms with van der Waals surface area (Å²) in [5, 5.41) is 9.89. The van der Waals surface area contributed by atoms with Crippen molar-refractivity contribution in [1.82, 2.24) is 0 Å². The molecule has 0 aliphatic carbocycles. The molecule has 0 radical (unpaired) electrons. The van der Waals surface area contributed by atoms with Gasteiger partial charge in [-0.2, -0.15) is 0 Å². The molecule has 2 N–H and O–H groups in total. The Hall–Kier alpha value is -2.04. The lowest BCUT2D eigenvalue weighted by atomic mass is 10.0. The van der Waals surface area contributed by atoms with E-state index < -0.39 is 57.8 Å². The zero-order valence-corrected chi connectivity index (χ0v) is 56.3. The molecule has 0 saturated heterocycles. The van der Waals surface area contributed by atoms with E-state index in [-0.39, 0.29) is 25.9 Å². The normalized spacial score (nSPS) is 13.2. The van der Waals surface area contributed by atoms with E-state index in [0.717, 1.165) is 70.6 Å². The minimum absolute atomic E-state index is 0.169. The molecule has 0 aliphatic rings. The number of hydrogen-bond acceptors (Lipinski definition) is 10. The van der Waals surface area contributed by atoms with Gasteiger partial charge in [0.15, 0.2) is 6.10 Å². The molecule has 0 aromatic carbocycles. The lowest BCUT2D eigenvalue weighted by Gasteiger charge is -2.21. The van der Waals surface area contributed by atoms with Gasteiger partial charge < -0.3 is 24.2 Å². The largest absolute Gasteiger partial charge is 0.472 e. The molecule has 3 atom stereocenters. The molecule has 0 heterocycles. The Morgan fingerprint density at radius 2 is 0.583 bits per heavy atom. The van der Waals surface area contributed by atoms with E-state index in [0.29, 0.717) is 19.3 Å². The van der Waals surface area contributed by atoms with Crippen molar-refractivity contribution in [2.45, 2.75) is 393 Å². The fraction of sp³-hybridized carbons (Fsp3) is 0.903. The average molecular weight is 1210 g/mol. The van der Waals surface area contributed by atoms with Gasteiger partial charge in [-0.1, -0.05) is 334 Å². The highest BCUT2D eigenvalue weighted by molar-refractivity contribution is 7.47. The second kappa shape index (κ2) is 66.9. The standard InChI is InChI=1S/C72H137O11P/c1-4-7-10-13-16-19-22-25-28-31-34-37-40-43-46-49-52-55-58-61-70(74)79-65-69(83-72(76)63-60-57-54-51-48-45-42-39-36-33-30-27-24-21-18-15-12-9-6-3)67-81-84(77,78)80-66-68(64-73)82-71(75)62-59-56-53-50-47-44-41-38-35-32-29-26-23-20-17-14-11-8-5-2/h18,21,27,30,68-69,73H,4-17,19-20,22-26,28-29,31-67H2,1-3H3,(H,77,78)/b21-18-,30-27-. The summed E-state index contributed by atoms with van der Waals surface area (Å²) in [4.78, 5) is 49.0. The van der Waals surface area contributed by atoms with E-state index >= 15 is 0 Å². The molecule has 11 nitrogen and oxygen atoms in total. The van der Waals surface area contributed by atoms with Gasteiger partial charge in [-0.3, -0.25) is 23.4 Å². The summed E-state index contributed by atoms with van der Waals surface area (Å²) in [5.74, 6) is -1.43. The first-order valence-corrected chi connectivity index (χ1v) is 37.7. The molecule has 496 valence electrons. The number of phosphoric acid groups is 1. The lowest BCUT2D eigenvalue weighted by Crippen LogP contribution is -2.30. The van der Waals surface area contributed by atoms with Crippen molar-refractivity contribution in [2.24, 2.45) is 0 Å². The number of esters is 3. The van der Waals surface area contributed by atoms with Crippen LogP contribution in [0.2, 0.25) is 0 Å². The van der Waals surface area contributed by atoms with Crippen LogP contribution in [0.25, 0.3) is 0 Å². The van der Waals surface area contributed by atoms with Crippen LogP contribution in [-0.4, -0.2) is 66.5 Å². The maximum Gasteiger partial charge on any atom is 0.472 e. The monoisotopic (exact) mass is 1210 g/mol. The first-order chi connectivity index (χ1) is 41.2. The first-order valence-electron chi connectivity index (χ1n) is 36.2. The van der Waals surface area contributed by atoms with Crippen LogP contribution in [0.4, 0.5) is 0 Å². The third-order valence-corrected chi connectivity index (χ3v) is 17.3. The van der Waals surface area contributed by atoms with Gasteiger partial charge in [0.05, 0.1) is 19.8 Å². The summed E-state index contributed by atoms with van der Waals surface area (Å²) >= 11 is 0. The van der Waals surface area contributed by atoms with Crippen molar-refractivity contribution in [3.8, 4) is 0 Å². The van der Waals surface area contributed by atoms with Crippen molar-refractivity contribution >= 4 is 25.7 Å². The Morgan fingerprint density at radius 1 is 0.333 bits per heavy atom. The quantitative estimate of drug-likeness (QED) is 0.0197. The minimum atomic E-state index is -4.75. The molecule has 0 bridgehead atoms. The van der Waals surface area contributed by atoms with Gasteiger partial charge in [0.25, 0.3) is 0 Å². The lowest BCUT2D eigenvalue weighted by molar-refractivity contribution is -0.161. The van der Waals surface area contributed by atoms with Gasteiger partial charge in [0.2, 0.25) is 0 Å². The van der Waals surface area contributed by atoms with Gasteiger partial charge in [0, 0.05) is 19.3 Å². The van der Waals surface area contributed by atoms with Crippen LogP contribution >= 0.6 is 7.82 Å². The molecule has 3 unspecified atom stereocenters. The van der Waals surface area contributed by atoms with Crippen LogP contribution in [0.3, 0.4) is 0 Å². The molecule has 0 aromatic rings. The van der Waals surface area contributed by atoms with Crippen LogP contribution in [0, 0.1) is 0 Å². The molecule has 0 amide bonds. The van der Waals surface area contributed by atoms with Crippen molar-refractivity contribution < 1.29 is 52.2 Å². The second-order valence-corrected chi connectivity index (χ2v) is 26.2. The fourth-order valence-corrected chi connectivity index (χ4v) is 11.6. The van der Waals surface area contributed by atoms with Crippen LogP contribution in [0.15, 0.2) is 24.3 Å². The number of hydrogen-bond donors (Lipinski definition) is 2. The minimum Gasteiger partial charge on any atom is -0.462 e. The van der Waals surface area contributed by atoms with E-state index in [4.69, 9.17) is 23.3 Å². The van der Waals surface area contributed by atoms with Crippen LogP contribution < -0.4 is 0 Å². The molecule has 0 aliphatic heterocycles. The predicted molar refractivity (Wildman–Crippen MR) is 353 cm³/mol. The maximum absolute atomic E-state index is 13.0. The van der Waals surface area contributed by atoms with E-state index in [1.807, 2.05) is 0 Å². The summed E-state index contributed by atoms with van der Waals surface area (Å²) in [7, 11) is -4.75. The summed E-state index contributed by atoms with van der Waals surface area (Å²) in [6.45, 7) is 4.74. The van der Waals surface area contributed by atoms with E-state index in [2.05, 4.69) is 45.1 Å². The number of rotatable bonds is 69. The number of aliphatic hydroxyl groups excluding tert-OH is 1. The highest BCUT2D eigenvalue weighted by Gasteiger charge is 2.28. The number of phosphoric ester groups is 1. The van der Waals surface area contributed by atoms with Crippen LogP contribution in [0.5, 0.6) is 0 Å². The summed E-state index contributed by atoms with van der Waals surface area (Å²) in [6.07, 6.45) is 72.7. The zero-order valence-electron chi connectivity index (χ0n) is 55.4. The summed E-state index contributed by atoms with van der Waals surface area (Å²) in [6, 6.07) is 0. The number of ether oxygens (including phenoxy) is 3. The summed E-state index contributed by atoms with van der Waals surface area (Å²) in [5.41, 5.74) is 0. The molecule has 12 heteroatoms. The van der Waals surface area contributed by atoms with Crippen LogP contribution in [0.1, 0.15) is 380 Å². The maximum atomic E-state index is 13.0. The van der Waals surface area contributed by atoms with E-state index in [1.54, 1.807) is 0 Å². The van der Waals surface area contributed by atoms with Gasteiger partial charge in [-0.25, -0.2) is 4.57 Å². The van der Waals surface area contributed by atoms with E-state index in [1.165, 1.54) is 250 Å². The molecule has 0 spiro atoms. The Balaban J connectivity index is 4.61. The number of carbonyl (C=O) groups is 3. The number of allylic oxidation sites excluding steroid dienone is 4. The number of carbonyl (C=O) groups excluding carboxylic acids is 3. The molecule has 0 rings (SSSR count). The molecule has 0 saturated carbocycles. The van der Waals surface area contributed by atoms with Crippen molar-refractivity contribution in [2.75, 3.05) is 26.4 Å². The Bertz CT molecular complexity index is 1500. The smallest absolute Gasteiger partial charge is 0.462 e. The molecule has 0 fully saturated rings. The molecule has 0 aromatic heterocycles. The summed E-state index contributed by atoms with van der Waals surface area (Å²) < 4.78 is 39.9. The third kappa shape index (κ3) is 64.4. The predicted octanol–water partition coefficient (Wildman–Crippen LogP) is 22.5. The molecular weight excluding hydrogens is 1070 g/mol. The zero-order chi connectivity index (χ0) is 61.2. The highest BCUT2D eigenvalue weighted by atomic mass is 31.2. The highest BCUT2D eigenvalue weighted by Crippen LogP contribution is 2.43. The van der Waals surface area contributed by atoms with Gasteiger partial charge in [-0.05, 0) is 51.4 Å². The molecule has 84 heavy (non-hydrogen) atoms. The average Bonchev–Trinajstić information content (AvgIpc) is 3.53. The fourth-order valence-electron chi connectivity index (χ4n) is 10.9. The van der Waals surface area contributed by atoms with E-state index in [9.17, 15) is 28.9 Å². The van der Waals surface area contributed by atoms with Crippen molar-refractivity contribution in [3.05, 3.63) is 24.3 Å². The molecular formula is C72H137O11P. The Morgan fingerprint density at radius 3 is 0.905 bits per heavy atom. The van der Waals surface area contributed by atoms with Crippen molar-refractivity contribution in [3.63, 3.8) is 0 Å². The Kier molecular flexibility index (Phi) is 65.3. The van der Waals surface area contributed by atoms with Gasteiger partial charge in [0.1, 0.15) is 12.7 Å².